The van der Waals surface area contributed by atoms with Crippen molar-refractivity contribution < 1.29 is 9.59 Å². The summed E-state index contributed by atoms with van der Waals surface area (Å²) in [5.41, 5.74) is 1.22. The molecule has 1 saturated carbocycles. The van der Waals surface area contributed by atoms with Crippen LogP contribution in [0.1, 0.15) is 44.1 Å². The quantitative estimate of drug-likeness (QED) is 0.817. The molecule has 7 nitrogen and oxygen atoms in total. The number of urea groups is 1. The highest BCUT2D eigenvalue weighted by Gasteiger charge is 2.26. The van der Waals surface area contributed by atoms with Gasteiger partial charge in [-0.05, 0) is 37.2 Å². The maximum atomic E-state index is 12.2. The zero-order chi connectivity index (χ0) is 17.6. The van der Waals surface area contributed by atoms with Crippen LogP contribution in [-0.4, -0.2) is 52.3 Å². The van der Waals surface area contributed by atoms with E-state index in [1.54, 1.807) is 0 Å². The van der Waals surface area contributed by atoms with Crippen LogP contribution in [0.25, 0.3) is 0 Å². The van der Waals surface area contributed by atoms with Gasteiger partial charge in [-0.2, -0.15) is 5.10 Å². The Kier molecular flexibility index (Phi) is 5.94. The van der Waals surface area contributed by atoms with Crippen molar-refractivity contribution in [2.75, 3.05) is 19.6 Å². The molecule has 1 aromatic heterocycles. The molecule has 138 valence electrons. The largest absolute Gasteiger partial charge is 0.353 e. The van der Waals surface area contributed by atoms with Gasteiger partial charge in [-0.3, -0.25) is 9.48 Å². The van der Waals surface area contributed by atoms with E-state index in [2.05, 4.69) is 15.7 Å². The van der Waals surface area contributed by atoms with E-state index in [1.165, 1.54) is 18.4 Å². The number of nitrogens with one attached hydrogen (secondary N) is 2. The fourth-order valence-corrected chi connectivity index (χ4v) is 3.86. The Hall–Kier alpha value is -2.05. The Morgan fingerprint density at radius 1 is 1.28 bits per heavy atom. The molecule has 0 radical (unpaired) electrons. The number of hydrogen-bond acceptors (Lipinski definition) is 3. The van der Waals surface area contributed by atoms with Crippen molar-refractivity contribution in [2.24, 2.45) is 13.0 Å². The summed E-state index contributed by atoms with van der Waals surface area (Å²) in [7, 11) is 1.92. The predicted octanol–water partition coefficient (Wildman–Crippen LogP) is 1.44. The van der Waals surface area contributed by atoms with E-state index in [1.807, 2.05) is 29.0 Å². The molecule has 2 fully saturated rings. The standard InChI is InChI=1S/C18H29N5O2/c1-22-12-15(11-20-22)10-14-7-9-23(13-14)18(25)19-8-6-17(24)21-16-4-2-3-5-16/h11-12,14,16H,2-10,13H2,1H3,(H,19,25)(H,21,24)/t14-/m0/s1. The van der Waals surface area contributed by atoms with Crippen LogP contribution in [0.4, 0.5) is 4.79 Å². The van der Waals surface area contributed by atoms with E-state index < -0.39 is 0 Å². The lowest BCUT2D eigenvalue weighted by Crippen LogP contribution is -2.41. The first-order chi connectivity index (χ1) is 12.1. The van der Waals surface area contributed by atoms with Crippen LogP contribution >= 0.6 is 0 Å². The predicted molar refractivity (Wildman–Crippen MR) is 95.0 cm³/mol. The molecule has 7 heteroatoms. The fourth-order valence-electron chi connectivity index (χ4n) is 3.86. The van der Waals surface area contributed by atoms with Crippen molar-refractivity contribution in [3.05, 3.63) is 18.0 Å². The maximum absolute atomic E-state index is 12.2. The first kappa shape index (κ1) is 17.8. The van der Waals surface area contributed by atoms with Gasteiger partial charge in [0, 0.05) is 45.3 Å². The second kappa shape index (κ2) is 8.36. The number of aromatic nitrogens is 2. The Labute approximate surface area is 149 Å². The van der Waals surface area contributed by atoms with E-state index in [9.17, 15) is 9.59 Å². The molecule has 0 aromatic carbocycles. The smallest absolute Gasteiger partial charge is 0.317 e. The summed E-state index contributed by atoms with van der Waals surface area (Å²) in [6.45, 7) is 1.96. The molecule has 1 saturated heterocycles. The Morgan fingerprint density at radius 3 is 2.80 bits per heavy atom. The van der Waals surface area contributed by atoms with Gasteiger partial charge in [0.2, 0.25) is 5.91 Å². The van der Waals surface area contributed by atoms with E-state index in [0.717, 1.165) is 38.8 Å². The van der Waals surface area contributed by atoms with Gasteiger partial charge in [-0.25, -0.2) is 4.79 Å². The summed E-state index contributed by atoms with van der Waals surface area (Å²) in [6, 6.07) is 0.289. The van der Waals surface area contributed by atoms with E-state index in [-0.39, 0.29) is 11.9 Å². The lowest BCUT2D eigenvalue weighted by atomic mass is 10.0. The summed E-state index contributed by atoms with van der Waals surface area (Å²) in [6.07, 6.45) is 10.8. The number of aryl methyl sites for hydroxylation is 1. The van der Waals surface area contributed by atoms with Crippen LogP contribution in [0.5, 0.6) is 0 Å². The molecule has 1 aliphatic carbocycles. The average Bonchev–Trinajstić information content (AvgIpc) is 3.31. The molecular weight excluding hydrogens is 318 g/mol. The SMILES string of the molecule is Cn1cc(C[C@@H]2CCN(C(=O)NCCC(=O)NC3CCCC3)C2)cn1. The Morgan fingerprint density at radius 2 is 2.08 bits per heavy atom. The van der Waals surface area contributed by atoms with Crippen LogP contribution in [-0.2, 0) is 18.3 Å². The first-order valence-corrected chi connectivity index (χ1v) is 9.40. The van der Waals surface area contributed by atoms with Crippen molar-refractivity contribution in [3.63, 3.8) is 0 Å². The van der Waals surface area contributed by atoms with Crippen LogP contribution < -0.4 is 10.6 Å². The highest BCUT2D eigenvalue weighted by atomic mass is 16.2. The second-order valence-corrected chi connectivity index (χ2v) is 7.36. The molecule has 25 heavy (non-hydrogen) atoms. The first-order valence-electron chi connectivity index (χ1n) is 9.40. The van der Waals surface area contributed by atoms with Crippen molar-refractivity contribution in [1.29, 1.82) is 0 Å². The van der Waals surface area contributed by atoms with Gasteiger partial charge in [0.05, 0.1) is 6.20 Å². The van der Waals surface area contributed by atoms with Gasteiger partial charge >= 0.3 is 6.03 Å². The van der Waals surface area contributed by atoms with Gasteiger partial charge in [-0.15, -0.1) is 0 Å². The summed E-state index contributed by atoms with van der Waals surface area (Å²) < 4.78 is 1.81. The zero-order valence-corrected chi connectivity index (χ0v) is 15.0. The van der Waals surface area contributed by atoms with Gasteiger partial charge in [0.1, 0.15) is 0 Å². The lowest BCUT2D eigenvalue weighted by Gasteiger charge is -2.17. The monoisotopic (exact) mass is 347 g/mol. The number of carbonyl (C=O) groups excluding carboxylic acids is 2. The molecule has 3 rings (SSSR count). The zero-order valence-electron chi connectivity index (χ0n) is 15.0. The van der Waals surface area contributed by atoms with Crippen LogP contribution in [0.3, 0.4) is 0 Å². The van der Waals surface area contributed by atoms with Crippen LogP contribution in [0.15, 0.2) is 12.4 Å². The van der Waals surface area contributed by atoms with Crippen molar-refractivity contribution in [3.8, 4) is 0 Å². The topological polar surface area (TPSA) is 79.3 Å². The minimum Gasteiger partial charge on any atom is -0.353 e. The minimum absolute atomic E-state index is 0.0445. The summed E-state index contributed by atoms with van der Waals surface area (Å²) in [5.74, 6) is 0.531. The van der Waals surface area contributed by atoms with Gasteiger partial charge in [-0.1, -0.05) is 12.8 Å². The van der Waals surface area contributed by atoms with E-state index in [0.29, 0.717) is 24.9 Å². The van der Waals surface area contributed by atoms with Crippen molar-refractivity contribution >= 4 is 11.9 Å². The third-order valence-corrected chi connectivity index (χ3v) is 5.20. The van der Waals surface area contributed by atoms with Gasteiger partial charge in [0.15, 0.2) is 0 Å². The highest BCUT2D eigenvalue weighted by molar-refractivity contribution is 5.78. The number of nitrogens with zero attached hydrogens (tertiary/aromatic N) is 3. The fraction of sp³-hybridized carbons (Fsp3) is 0.722. The summed E-state index contributed by atoms with van der Waals surface area (Å²) in [4.78, 5) is 26.0. The third-order valence-electron chi connectivity index (χ3n) is 5.20. The summed E-state index contributed by atoms with van der Waals surface area (Å²) >= 11 is 0. The van der Waals surface area contributed by atoms with E-state index >= 15 is 0 Å². The Balaban J connectivity index is 1.32. The number of hydrogen-bond donors (Lipinski definition) is 2. The third kappa shape index (κ3) is 5.21. The molecule has 0 spiro atoms. The molecular formula is C18H29N5O2. The minimum atomic E-state index is -0.0534. The molecule has 2 N–H and O–H groups in total. The molecule has 2 heterocycles. The van der Waals surface area contributed by atoms with Gasteiger partial charge in [0.25, 0.3) is 0 Å². The summed E-state index contributed by atoms with van der Waals surface area (Å²) in [5, 5.41) is 10.1. The maximum Gasteiger partial charge on any atom is 0.317 e. The number of amides is 3. The van der Waals surface area contributed by atoms with Crippen LogP contribution in [0.2, 0.25) is 0 Å². The second-order valence-electron chi connectivity index (χ2n) is 7.36. The van der Waals surface area contributed by atoms with Crippen molar-refractivity contribution in [2.45, 2.75) is 51.0 Å². The van der Waals surface area contributed by atoms with E-state index in [4.69, 9.17) is 0 Å². The van der Waals surface area contributed by atoms with Crippen LogP contribution in [0, 0.1) is 5.92 Å². The van der Waals surface area contributed by atoms with Gasteiger partial charge < -0.3 is 15.5 Å². The molecule has 2 aliphatic rings. The van der Waals surface area contributed by atoms with Crippen molar-refractivity contribution in [1.82, 2.24) is 25.3 Å². The number of carbonyl (C=O) groups is 2. The molecule has 1 aromatic rings. The highest BCUT2D eigenvalue weighted by Crippen LogP contribution is 2.20. The number of likely N-dealkylation sites (tertiary alicyclic amines) is 1. The normalized spacial score (nSPS) is 20.8. The molecule has 1 atom stereocenters. The number of rotatable bonds is 6. The molecule has 0 unspecified atom stereocenters. The average molecular weight is 347 g/mol. The lowest BCUT2D eigenvalue weighted by molar-refractivity contribution is -0.121. The molecule has 1 aliphatic heterocycles. The Bertz CT molecular complexity index is 594. The molecule has 3 amide bonds. The molecule has 0 bridgehead atoms.